The lowest BCUT2D eigenvalue weighted by Crippen LogP contribution is -2.28. The van der Waals surface area contributed by atoms with E-state index in [1.807, 2.05) is 42.1 Å². The van der Waals surface area contributed by atoms with Crippen LogP contribution in [0.15, 0.2) is 49.4 Å². The van der Waals surface area contributed by atoms with Gasteiger partial charge in [0.05, 0.1) is 35.6 Å². The van der Waals surface area contributed by atoms with Gasteiger partial charge in [0.25, 0.3) is 0 Å². The number of amides is 1. The van der Waals surface area contributed by atoms with Crippen LogP contribution in [0.1, 0.15) is 19.5 Å². The molecule has 0 atom stereocenters. The lowest BCUT2D eigenvalue weighted by Gasteiger charge is -2.24. The van der Waals surface area contributed by atoms with Gasteiger partial charge in [0.2, 0.25) is 17.8 Å². The van der Waals surface area contributed by atoms with Gasteiger partial charge in [0.15, 0.2) is 0 Å². The highest BCUT2D eigenvalue weighted by Crippen LogP contribution is 2.42. The number of methoxy groups -OCH3 is 1. The molecular weight excluding hydrogens is 470 g/mol. The summed E-state index contributed by atoms with van der Waals surface area (Å²) in [4.78, 5) is 34.3. The normalized spacial score (nSPS) is 13.6. The molecule has 3 aromatic rings. The summed E-state index contributed by atoms with van der Waals surface area (Å²) >= 11 is 0. The van der Waals surface area contributed by atoms with Crippen LogP contribution in [0.4, 0.5) is 34.6 Å². The number of nitrogens with one attached hydrogen (secondary N) is 3. The summed E-state index contributed by atoms with van der Waals surface area (Å²) in [5.41, 5.74) is 3.83. The van der Waals surface area contributed by atoms with Crippen molar-refractivity contribution in [2.45, 2.75) is 19.3 Å². The van der Waals surface area contributed by atoms with Crippen molar-refractivity contribution >= 4 is 40.6 Å². The molecule has 0 spiro atoms. The fraction of sp³-hybridized carbons (Fsp3) is 0.346. The summed E-state index contributed by atoms with van der Waals surface area (Å²) in [6.07, 6.45) is 4.51. The third-order valence-electron chi connectivity index (χ3n) is 6.19. The fourth-order valence-corrected chi connectivity index (χ4v) is 4.30. The van der Waals surface area contributed by atoms with E-state index in [9.17, 15) is 4.79 Å². The Morgan fingerprint density at radius 1 is 1.27 bits per heavy atom. The summed E-state index contributed by atoms with van der Waals surface area (Å²) in [5, 5.41) is 9.26. The Morgan fingerprint density at radius 3 is 2.81 bits per heavy atom. The van der Waals surface area contributed by atoms with E-state index < -0.39 is 0 Å². The van der Waals surface area contributed by atoms with E-state index in [4.69, 9.17) is 4.74 Å². The standard InChI is InChI=1S/C26H33N9O2/c1-7-22(36)31-17-13-18(21(37-6)14-20(17)34(5)12-11-27-4)32-24-29-16-30-25(33-24)35-15-26(2,3)23-19(35)9-8-10-28-23/h7-10,13-14,16,27H,1,11-12,15H2,2-6H3,(H,31,36)(H,29,30,32,33). The molecule has 0 radical (unpaired) electrons. The predicted molar refractivity (Wildman–Crippen MR) is 146 cm³/mol. The third kappa shape index (κ3) is 5.46. The van der Waals surface area contributed by atoms with Gasteiger partial charge in [-0.3, -0.25) is 9.78 Å². The maximum Gasteiger partial charge on any atom is 0.247 e. The van der Waals surface area contributed by atoms with E-state index in [0.717, 1.165) is 30.2 Å². The Balaban J connectivity index is 1.68. The summed E-state index contributed by atoms with van der Waals surface area (Å²) in [5.74, 6) is 1.11. The molecule has 4 rings (SSSR count). The highest BCUT2D eigenvalue weighted by molar-refractivity contribution is 6.02. The Morgan fingerprint density at radius 2 is 2.08 bits per heavy atom. The van der Waals surface area contributed by atoms with Gasteiger partial charge in [-0.15, -0.1) is 0 Å². The largest absolute Gasteiger partial charge is 0.494 e. The van der Waals surface area contributed by atoms with Gasteiger partial charge in [-0.05, 0) is 31.3 Å². The number of benzene rings is 1. The number of fused-ring (bicyclic) bond motifs is 1. The molecule has 11 heteroatoms. The van der Waals surface area contributed by atoms with Gasteiger partial charge < -0.3 is 30.5 Å². The average Bonchev–Trinajstić information content (AvgIpc) is 3.18. The maximum absolute atomic E-state index is 12.2. The van der Waals surface area contributed by atoms with E-state index in [0.29, 0.717) is 35.6 Å². The molecule has 0 bridgehead atoms. The Hall–Kier alpha value is -4.25. The number of aromatic nitrogens is 4. The van der Waals surface area contributed by atoms with Crippen molar-refractivity contribution in [1.82, 2.24) is 25.3 Å². The molecule has 1 amide bonds. The second kappa shape index (κ2) is 10.8. The van der Waals surface area contributed by atoms with Gasteiger partial charge >= 0.3 is 0 Å². The fourth-order valence-electron chi connectivity index (χ4n) is 4.30. The van der Waals surface area contributed by atoms with Crippen LogP contribution < -0.4 is 30.5 Å². The van der Waals surface area contributed by atoms with Gasteiger partial charge in [-0.25, -0.2) is 9.97 Å². The smallest absolute Gasteiger partial charge is 0.247 e. The lowest BCUT2D eigenvalue weighted by molar-refractivity contribution is -0.111. The number of anilines is 6. The number of hydrogen-bond donors (Lipinski definition) is 3. The average molecular weight is 504 g/mol. The Labute approximate surface area is 217 Å². The monoisotopic (exact) mass is 503 g/mol. The van der Waals surface area contributed by atoms with Crippen LogP contribution in [-0.2, 0) is 10.2 Å². The van der Waals surface area contributed by atoms with Gasteiger partial charge in [-0.1, -0.05) is 20.4 Å². The van der Waals surface area contributed by atoms with E-state index in [-0.39, 0.29) is 11.3 Å². The number of carbonyl (C=O) groups is 1. The van der Waals surface area contributed by atoms with Crippen LogP contribution in [-0.4, -0.2) is 66.7 Å². The van der Waals surface area contributed by atoms with E-state index in [1.54, 1.807) is 19.4 Å². The number of likely N-dealkylation sites (N-methyl/N-ethyl adjacent to an activating group) is 2. The second-order valence-corrected chi connectivity index (χ2v) is 9.36. The molecule has 0 saturated carbocycles. The second-order valence-electron chi connectivity index (χ2n) is 9.36. The number of carbonyl (C=O) groups excluding carboxylic acids is 1. The number of rotatable bonds is 10. The van der Waals surface area contributed by atoms with Crippen molar-refractivity contribution in [3.05, 3.63) is 55.1 Å². The minimum absolute atomic E-state index is 0.145. The molecule has 0 fully saturated rings. The molecule has 1 aliphatic rings. The van der Waals surface area contributed by atoms with Crippen molar-refractivity contribution in [3.8, 4) is 5.75 Å². The number of pyridine rings is 1. The van der Waals surface area contributed by atoms with Gasteiger partial charge in [0.1, 0.15) is 12.1 Å². The summed E-state index contributed by atoms with van der Waals surface area (Å²) in [6.45, 7) is 10.1. The first kappa shape index (κ1) is 25.8. The van der Waals surface area contributed by atoms with E-state index in [1.165, 1.54) is 12.4 Å². The van der Waals surface area contributed by atoms with Crippen molar-refractivity contribution in [1.29, 1.82) is 0 Å². The van der Waals surface area contributed by atoms with Crippen LogP contribution in [0.3, 0.4) is 0 Å². The number of ether oxygens (including phenoxy) is 1. The lowest BCUT2D eigenvalue weighted by atomic mass is 9.91. The van der Waals surface area contributed by atoms with Crippen LogP contribution >= 0.6 is 0 Å². The maximum atomic E-state index is 12.2. The van der Waals surface area contributed by atoms with Gasteiger partial charge in [-0.2, -0.15) is 4.98 Å². The SMILES string of the molecule is C=CC(=O)Nc1cc(Nc2ncnc(N3CC(C)(C)c4ncccc43)n2)c(OC)cc1N(C)CCNC. The minimum Gasteiger partial charge on any atom is -0.494 e. The molecule has 2 aromatic heterocycles. The first-order valence-electron chi connectivity index (χ1n) is 12.0. The van der Waals surface area contributed by atoms with Crippen LogP contribution in [0.2, 0.25) is 0 Å². The minimum atomic E-state index is -0.314. The van der Waals surface area contributed by atoms with Crippen LogP contribution in [0.5, 0.6) is 5.75 Å². The van der Waals surface area contributed by atoms with Crippen LogP contribution in [0.25, 0.3) is 0 Å². The molecular formula is C26H33N9O2. The molecule has 37 heavy (non-hydrogen) atoms. The highest BCUT2D eigenvalue weighted by Gasteiger charge is 2.38. The summed E-state index contributed by atoms with van der Waals surface area (Å²) < 4.78 is 5.68. The zero-order chi connectivity index (χ0) is 26.6. The zero-order valence-corrected chi connectivity index (χ0v) is 21.9. The summed E-state index contributed by atoms with van der Waals surface area (Å²) in [6, 6.07) is 7.60. The van der Waals surface area contributed by atoms with Crippen molar-refractivity contribution < 1.29 is 9.53 Å². The molecule has 194 valence electrons. The molecule has 0 aliphatic carbocycles. The zero-order valence-electron chi connectivity index (χ0n) is 21.9. The molecule has 11 nitrogen and oxygen atoms in total. The van der Waals surface area contributed by atoms with E-state index in [2.05, 4.69) is 56.3 Å². The van der Waals surface area contributed by atoms with E-state index >= 15 is 0 Å². The topological polar surface area (TPSA) is 120 Å². The first-order chi connectivity index (χ1) is 17.8. The molecule has 1 aromatic carbocycles. The van der Waals surface area contributed by atoms with Crippen molar-refractivity contribution in [2.75, 3.05) is 61.3 Å². The van der Waals surface area contributed by atoms with Crippen molar-refractivity contribution in [3.63, 3.8) is 0 Å². The molecule has 1 aliphatic heterocycles. The molecule has 0 unspecified atom stereocenters. The molecule has 3 N–H and O–H groups in total. The molecule has 0 saturated heterocycles. The van der Waals surface area contributed by atoms with Crippen LogP contribution in [0, 0.1) is 0 Å². The number of hydrogen-bond acceptors (Lipinski definition) is 10. The predicted octanol–water partition coefficient (Wildman–Crippen LogP) is 3.23. The highest BCUT2D eigenvalue weighted by atomic mass is 16.5. The first-order valence-corrected chi connectivity index (χ1v) is 12.0. The van der Waals surface area contributed by atoms with Crippen molar-refractivity contribution in [2.24, 2.45) is 0 Å². The Bertz CT molecular complexity index is 1290. The summed E-state index contributed by atoms with van der Waals surface area (Å²) in [7, 11) is 5.43. The van der Waals surface area contributed by atoms with Gasteiger partial charge in [0, 0.05) is 44.4 Å². The number of nitrogens with zero attached hydrogens (tertiary/aromatic N) is 6. The Kier molecular flexibility index (Phi) is 7.53. The molecule has 3 heterocycles. The quantitative estimate of drug-likeness (QED) is 0.356. The third-order valence-corrected chi connectivity index (χ3v) is 6.19.